The van der Waals surface area contributed by atoms with Gasteiger partial charge in [-0.1, -0.05) is 17.7 Å². The lowest BCUT2D eigenvalue weighted by molar-refractivity contribution is 0.454. The molecule has 94 valence electrons. The average molecular weight is 256 g/mol. The third kappa shape index (κ3) is 3.68. The van der Waals surface area contributed by atoms with Gasteiger partial charge in [-0.2, -0.15) is 0 Å². The third-order valence-electron chi connectivity index (χ3n) is 3.54. The van der Waals surface area contributed by atoms with Gasteiger partial charge in [0.15, 0.2) is 0 Å². The molecule has 2 rings (SSSR count). The molecule has 0 amide bonds. The standard InChI is InChI=1S/C14H19ClFN/c1-17-14(11-5-6-11)4-2-3-10-7-8-12(15)9-13(10)16/h7-9,11,14,17H,2-6H2,1H3. The van der Waals surface area contributed by atoms with E-state index in [1.807, 2.05) is 7.05 Å². The topological polar surface area (TPSA) is 12.0 Å². The van der Waals surface area contributed by atoms with Crippen molar-refractivity contribution in [2.24, 2.45) is 5.92 Å². The first-order chi connectivity index (χ1) is 8.20. The van der Waals surface area contributed by atoms with Gasteiger partial charge in [0.1, 0.15) is 5.82 Å². The van der Waals surface area contributed by atoms with Gasteiger partial charge in [0, 0.05) is 11.1 Å². The molecule has 0 aliphatic heterocycles. The predicted molar refractivity (Wildman–Crippen MR) is 69.9 cm³/mol. The van der Waals surface area contributed by atoms with Crippen molar-refractivity contribution in [2.75, 3.05) is 7.05 Å². The average Bonchev–Trinajstić information content (AvgIpc) is 3.11. The van der Waals surface area contributed by atoms with E-state index in [-0.39, 0.29) is 5.82 Å². The summed E-state index contributed by atoms with van der Waals surface area (Å²) in [6, 6.07) is 5.57. The third-order valence-corrected chi connectivity index (χ3v) is 3.77. The van der Waals surface area contributed by atoms with Crippen molar-refractivity contribution < 1.29 is 4.39 Å². The SMILES string of the molecule is CNC(CCCc1ccc(Cl)cc1F)C1CC1. The number of benzene rings is 1. The van der Waals surface area contributed by atoms with Crippen LogP contribution >= 0.6 is 11.6 Å². The van der Waals surface area contributed by atoms with Crippen LogP contribution in [-0.2, 0) is 6.42 Å². The Labute approximate surface area is 107 Å². The second-order valence-electron chi connectivity index (χ2n) is 4.86. The molecule has 1 saturated carbocycles. The molecule has 0 aromatic heterocycles. The highest BCUT2D eigenvalue weighted by Crippen LogP contribution is 2.34. The molecule has 1 fully saturated rings. The largest absolute Gasteiger partial charge is 0.317 e. The van der Waals surface area contributed by atoms with Gasteiger partial charge in [-0.15, -0.1) is 0 Å². The molecular weight excluding hydrogens is 237 g/mol. The Balaban J connectivity index is 1.80. The Morgan fingerprint density at radius 3 is 2.82 bits per heavy atom. The van der Waals surface area contributed by atoms with Crippen molar-refractivity contribution in [3.8, 4) is 0 Å². The Hall–Kier alpha value is -0.600. The highest BCUT2D eigenvalue weighted by atomic mass is 35.5. The minimum absolute atomic E-state index is 0.176. The maximum atomic E-state index is 13.5. The van der Waals surface area contributed by atoms with Crippen LogP contribution < -0.4 is 5.32 Å². The Morgan fingerprint density at radius 1 is 1.47 bits per heavy atom. The summed E-state index contributed by atoms with van der Waals surface area (Å²) < 4.78 is 13.5. The van der Waals surface area contributed by atoms with E-state index in [0.29, 0.717) is 11.1 Å². The molecule has 17 heavy (non-hydrogen) atoms. The second kappa shape index (κ2) is 5.83. The molecule has 1 aromatic carbocycles. The van der Waals surface area contributed by atoms with Crippen molar-refractivity contribution in [2.45, 2.75) is 38.1 Å². The first-order valence-corrected chi connectivity index (χ1v) is 6.69. The molecule has 0 heterocycles. The van der Waals surface area contributed by atoms with Crippen molar-refractivity contribution in [3.63, 3.8) is 0 Å². The van der Waals surface area contributed by atoms with Crippen molar-refractivity contribution >= 4 is 11.6 Å². The van der Waals surface area contributed by atoms with E-state index < -0.39 is 0 Å². The fourth-order valence-electron chi connectivity index (χ4n) is 2.35. The molecule has 1 aliphatic carbocycles. The van der Waals surface area contributed by atoms with E-state index in [4.69, 9.17) is 11.6 Å². The van der Waals surface area contributed by atoms with Crippen molar-refractivity contribution in [3.05, 3.63) is 34.6 Å². The maximum Gasteiger partial charge on any atom is 0.127 e. The molecule has 1 N–H and O–H groups in total. The van der Waals surface area contributed by atoms with E-state index in [2.05, 4.69) is 5.32 Å². The van der Waals surface area contributed by atoms with E-state index in [9.17, 15) is 4.39 Å². The number of hydrogen-bond acceptors (Lipinski definition) is 1. The summed E-state index contributed by atoms with van der Waals surface area (Å²) >= 11 is 5.72. The van der Waals surface area contributed by atoms with E-state index in [1.165, 1.54) is 18.9 Å². The first kappa shape index (κ1) is 12.8. The predicted octanol–water partition coefficient (Wildman–Crippen LogP) is 3.80. The van der Waals surface area contributed by atoms with Gasteiger partial charge >= 0.3 is 0 Å². The van der Waals surface area contributed by atoms with Crippen LogP contribution in [0.15, 0.2) is 18.2 Å². The minimum atomic E-state index is -0.176. The molecular formula is C14H19ClFN. The van der Waals surface area contributed by atoms with Gasteiger partial charge in [-0.25, -0.2) is 4.39 Å². The number of halogens is 2. The molecule has 1 aliphatic rings. The van der Waals surface area contributed by atoms with Gasteiger partial charge in [0.25, 0.3) is 0 Å². The number of hydrogen-bond donors (Lipinski definition) is 1. The maximum absolute atomic E-state index is 13.5. The zero-order valence-corrected chi connectivity index (χ0v) is 10.9. The van der Waals surface area contributed by atoms with Crippen molar-refractivity contribution in [1.82, 2.24) is 5.32 Å². The molecule has 0 radical (unpaired) electrons. The monoisotopic (exact) mass is 255 g/mol. The lowest BCUT2D eigenvalue weighted by Crippen LogP contribution is -2.27. The van der Waals surface area contributed by atoms with Crippen LogP contribution in [0.2, 0.25) is 5.02 Å². The zero-order valence-electron chi connectivity index (χ0n) is 10.2. The van der Waals surface area contributed by atoms with Crippen LogP contribution in [0.3, 0.4) is 0 Å². The van der Waals surface area contributed by atoms with Gasteiger partial charge < -0.3 is 5.32 Å². The lowest BCUT2D eigenvalue weighted by Gasteiger charge is -2.14. The summed E-state index contributed by atoms with van der Waals surface area (Å²) in [5.41, 5.74) is 0.778. The second-order valence-corrected chi connectivity index (χ2v) is 5.30. The van der Waals surface area contributed by atoms with Gasteiger partial charge in [0.05, 0.1) is 0 Å². The highest BCUT2D eigenvalue weighted by molar-refractivity contribution is 6.30. The lowest BCUT2D eigenvalue weighted by atomic mass is 10.0. The van der Waals surface area contributed by atoms with Crippen LogP contribution in [0.5, 0.6) is 0 Å². The fraction of sp³-hybridized carbons (Fsp3) is 0.571. The molecule has 0 bridgehead atoms. The number of aryl methyl sites for hydroxylation is 1. The summed E-state index contributed by atoms with van der Waals surface area (Å²) in [6.45, 7) is 0. The normalized spacial score (nSPS) is 17.1. The first-order valence-electron chi connectivity index (χ1n) is 6.32. The molecule has 0 saturated heterocycles. The van der Waals surface area contributed by atoms with Crippen LogP contribution in [0, 0.1) is 11.7 Å². The quantitative estimate of drug-likeness (QED) is 0.815. The van der Waals surface area contributed by atoms with E-state index in [1.54, 1.807) is 12.1 Å². The zero-order chi connectivity index (χ0) is 12.3. The van der Waals surface area contributed by atoms with Crippen molar-refractivity contribution in [1.29, 1.82) is 0 Å². The fourth-order valence-corrected chi connectivity index (χ4v) is 2.51. The molecule has 1 nitrogen and oxygen atoms in total. The molecule has 3 heteroatoms. The Bertz CT molecular complexity index is 376. The van der Waals surface area contributed by atoms with Gasteiger partial charge in [0.2, 0.25) is 0 Å². The molecule has 0 spiro atoms. The van der Waals surface area contributed by atoms with Gasteiger partial charge in [-0.05, 0) is 62.8 Å². The highest BCUT2D eigenvalue weighted by Gasteiger charge is 2.29. The van der Waals surface area contributed by atoms with Gasteiger partial charge in [-0.3, -0.25) is 0 Å². The summed E-state index contributed by atoms with van der Waals surface area (Å²) in [6.07, 6.45) is 5.65. The number of rotatable bonds is 6. The van der Waals surface area contributed by atoms with Crippen LogP contribution in [0.25, 0.3) is 0 Å². The minimum Gasteiger partial charge on any atom is -0.317 e. The Kier molecular flexibility index (Phi) is 4.41. The summed E-state index contributed by atoms with van der Waals surface area (Å²) in [7, 11) is 2.02. The molecule has 1 aromatic rings. The van der Waals surface area contributed by atoms with E-state index >= 15 is 0 Å². The molecule has 1 atom stereocenters. The summed E-state index contributed by atoms with van der Waals surface area (Å²) in [5.74, 6) is 0.681. The summed E-state index contributed by atoms with van der Waals surface area (Å²) in [5, 5.41) is 3.83. The van der Waals surface area contributed by atoms with Crippen LogP contribution in [0.4, 0.5) is 4.39 Å². The van der Waals surface area contributed by atoms with Crippen LogP contribution in [-0.4, -0.2) is 13.1 Å². The van der Waals surface area contributed by atoms with E-state index in [0.717, 1.165) is 30.7 Å². The Morgan fingerprint density at radius 2 is 2.24 bits per heavy atom. The van der Waals surface area contributed by atoms with Crippen LogP contribution in [0.1, 0.15) is 31.2 Å². The number of nitrogens with one attached hydrogen (secondary N) is 1. The smallest absolute Gasteiger partial charge is 0.127 e. The summed E-state index contributed by atoms with van der Waals surface area (Å²) in [4.78, 5) is 0. The molecule has 1 unspecified atom stereocenters.